The minimum atomic E-state index is -0.144. The van der Waals surface area contributed by atoms with Crippen LogP contribution in [0.2, 0.25) is 0 Å². The van der Waals surface area contributed by atoms with Crippen LogP contribution in [0.15, 0.2) is 18.2 Å². The molecule has 110 valence electrons. The topological polar surface area (TPSA) is 67.6 Å². The van der Waals surface area contributed by atoms with Gasteiger partial charge in [-0.05, 0) is 38.4 Å². The highest BCUT2D eigenvalue weighted by atomic mass is 16.5. The second-order valence-electron chi connectivity index (χ2n) is 5.19. The predicted octanol–water partition coefficient (Wildman–Crippen LogP) is 2.09. The SMILES string of the molecule is CCN(C1CC1)C(C)C(=O)Nc1ccc(N)cc1OC. The number of likely N-dealkylation sites (N-methyl/N-ethyl adjacent to an activating group) is 1. The number of nitrogens with two attached hydrogens (primary N) is 1. The van der Waals surface area contributed by atoms with E-state index in [-0.39, 0.29) is 11.9 Å². The third-order valence-corrected chi connectivity index (χ3v) is 3.74. The Kier molecular flexibility index (Phi) is 4.49. The van der Waals surface area contributed by atoms with E-state index >= 15 is 0 Å². The number of anilines is 2. The number of carbonyl (C=O) groups is 1. The zero-order valence-corrected chi connectivity index (χ0v) is 12.3. The molecule has 1 aromatic rings. The highest BCUT2D eigenvalue weighted by molar-refractivity contribution is 5.96. The van der Waals surface area contributed by atoms with E-state index in [1.165, 1.54) is 12.8 Å². The minimum Gasteiger partial charge on any atom is -0.494 e. The summed E-state index contributed by atoms with van der Waals surface area (Å²) in [5.41, 5.74) is 6.98. The fourth-order valence-corrected chi connectivity index (χ4v) is 2.45. The van der Waals surface area contributed by atoms with E-state index < -0.39 is 0 Å². The zero-order chi connectivity index (χ0) is 14.7. The van der Waals surface area contributed by atoms with Gasteiger partial charge in [-0.3, -0.25) is 9.69 Å². The largest absolute Gasteiger partial charge is 0.494 e. The van der Waals surface area contributed by atoms with Crippen molar-refractivity contribution in [2.24, 2.45) is 0 Å². The van der Waals surface area contributed by atoms with Crippen LogP contribution in [0, 0.1) is 0 Å². The number of hydrogen-bond acceptors (Lipinski definition) is 4. The number of nitrogens with zero attached hydrogens (tertiary/aromatic N) is 1. The van der Waals surface area contributed by atoms with Gasteiger partial charge < -0.3 is 15.8 Å². The van der Waals surface area contributed by atoms with Crippen molar-refractivity contribution >= 4 is 17.3 Å². The van der Waals surface area contributed by atoms with Gasteiger partial charge in [-0.2, -0.15) is 0 Å². The van der Waals surface area contributed by atoms with E-state index in [0.717, 1.165) is 6.54 Å². The molecule has 0 radical (unpaired) electrons. The second kappa shape index (κ2) is 6.13. The van der Waals surface area contributed by atoms with Gasteiger partial charge in [0.15, 0.2) is 0 Å². The van der Waals surface area contributed by atoms with E-state index in [1.54, 1.807) is 25.3 Å². The van der Waals surface area contributed by atoms with Gasteiger partial charge in [0.05, 0.1) is 18.8 Å². The number of ether oxygens (including phenoxy) is 1. The van der Waals surface area contributed by atoms with Crippen LogP contribution in [0.4, 0.5) is 11.4 Å². The number of methoxy groups -OCH3 is 1. The van der Waals surface area contributed by atoms with E-state index in [2.05, 4.69) is 17.1 Å². The van der Waals surface area contributed by atoms with Crippen LogP contribution in [-0.4, -0.2) is 36.5 Å². The maximum Gasteiger partial charge on any atom is 0.241 e. The van der Waals surface area contributed by atoms with Crippen molar-refractivity contribution in [2.75, 3.05) is 24.7 Å². The van der Waals surface area contributed by atoms with Gasteiger partial charge in [-0.1, -0.05) is 6.92 Å². The predicted molar refractivity (Wildman–Crippen MR) is 80.9 cm³/mol. The van der Waals surface area contributed by atoms with Crippen molar-refractivity contribution < 1.29 is 9.53 Å². The van der Waals surface area contributed by atoms with Gasteiger partial charge in [-0.25, -0.2) is 0 Å². The molecule has 0 heterocycles. The van der Waals surface area contributed by atoms with E-state index in [4.69, 9.17) is 10.5 Å². The second-order valence-corrected chi connectivity index (χ2v) is 5.19. The van der Waals surface area contributed by atoms with Gasteiger partial charge in [0.2, 0.25) is 5.91 Å². The molecular formula is C15H23N3O2. The Balaban J connectivity index is 2.07. The summed E-state index contributed by atoms with van der Waals surface area (Å²) in [6, 6.07) is 5.65. The number of carbonyl (C=O) groups excluding carboxylic acids is 1. The summed E-state index contributed by atoms with van der Waals surface area (Å²) in [6.45, 7) is 4.92. The number of benzene rings is 1. The number of hydrogen-bond donors (Lipinski definition) is 2. The molecule has 0 aromatic heterocycles. The monoisotopic (exact) mass is 277 g/mol. The summed E-state index contributed by atoms with van der Waals surface area (Å²) in [5.74, 6) is 0.571. The molecule has 1 fully saturated rings. The first kappa shape index (κ1) is 14.7. The molecule has 1 saturated carbocycles. The molecule has 3 N–H and O–H groups in total. The molecule has 0 aliphatic heterocycles. The number of rotatable bonds is 6. The Hall–Kier alpha value is -1.75. The molecule has 1 aromatic carbocycles. The Bertz CT molecular complexity index is 486. The Morgan fingerprint density at radius 3 is 2.80 bits per heavy atom. The molecule has 5 nitrogen and oxygen atoms in total. The lowest BCUT2D eigenvalue weighted by molar-refractivity contribution is -0.120. The first-order valence-electron chi connectivity index (χ1n) is 7.07. The smallest absolute Gasteiger partial charge is 0.241 e. The number of nitrogen functional groups attached to an aromatic ring is 1. The van der Waals surface area contributed by atoms with Crippen LogP contribution in [0.25, 0.3) is 0 Å². The van der Waals surface area contributed by atoms with Crippen molar-refractivity contribution in [3.63, 3.8) is 0 Å². The molecule has 1 aliphatic carbocycles. The maximum atomic E-state index is 12.4. The summed E-state index contributed by atoms with van der Waals surface area (Å²) in [7, 11) is 1.57. The molecule has 1 atom stereocenters. The average Bonchev–Trinajstić information content (AvgIpc) is 3.26. The summed E-state index contributed by atoms with van der Waals surface area (Å²) < 4.78 is 5.25. The van der Waals surface area contributed by atoms with Gasteiger partial charge in [0, 0.05) is 17.8 Å². The van der Waals surface area contributed by atoms with Gasteiger partial charge >= 0.3 is 0 Å². The first-order chi connectivity index (χ1) is 9.56. The van der Waals surface area contributed by atoms with Crippen LogP contribution in [-0.2, 0) is 4.79 Å². The number of amides is 1. The van der Waals surface area contributed by atoms with Gasteiger partial charge in [0.25, 0.3) is 0 Å². The third kappa shape index (κ3) is 3.22. The van der Waals surface area contributed by atoms with Gasteiger partial charge in [0.1, 0.15) is 5.75 Å². The summed E-state index contributed by atoms with van der Waals surface area (Å²) >= 11 is 0. The minimum absolute atomic E-state index is 0.0122. The highest BCUT2D eigenvalue weighted by Gasteiger charge is 2.33. The van der Waals surface area contributed by atoms with Crippen molar-refractivity contribution in [1.29, 1.82) is 0 Å². The zero-order valence-electron chi connectivity index (χ0n) is 12.3. The molecule has 0 spiro atoms. The third-order valence-electron chi connectivity index (χ3n) is 3.74. The molecule has 0 saturated heterocycles. The van der Waals surface area contributed by atoms with Crippen molar-refractivity contribution in [1.82, 2.24) is 4.90 Å². The van der Waals surface area contributed by atoms with Crippen LogP contribution in [0.1, 0.15) is 26.7 Å². The fourth-order valence-electron chi connectivity index (χ4n) is 2.45. The normalized spacial score (nSPS) is 16.0. The lowest BCUT2D eigenvalue weighted by Gasteiger charge is -2.27. The molecule has 1 aliphatic rings. The standard InChI is InChI=1S/C15H23N3O2/c1-4-18(12-6-7-12)10(2)15(19)17-13-8-5-11(16)9-14(13)20-3/h5,8-10,12H,4,6-7,16H2,1-3H3,(H,17,19). The molecule has 1 amide bonds. The molecule has 5 heteroatoms. The van der Waals surface area contributed by atoms with Crippen molar-refractivity contribution in [2.45, 2.75) is 38.8 Å². The first-order valence-corrected chi connectivity index (χ1v) is 7.07. The van der Waals surface area contributed by atoms with Crippen LogP contribution in [0.3, 0.4) is 0 Å². The van der Waals surface area contributed by atoms with E-state index in [9.17, 15) is 4.79 Å². The lowest BCUT2D eigenvalue weighted by atomic mass is 10.2. The Morgan fingerprint density at radius 2 is 2.25 bits per heavy atom. The Labute approximate surface area is 120 Å². The van der Waals surface area contributed by atoms with Crippen LogP contribution >= 0.6 is 0 Å². The average molecular weight is 277 g/mol. The van der Waals surface area contributed by atoms with Gasteiger partial charge in [-0.15, -0.1) is 0 Å². The summed E-state index contributed by atoms with van der Waals surface area (Å²) in [4.78, 5) is 14.6. The van der Waals surface area contributed by atoms with Crippen LogP contribution < -0.4 is 15.8 Å². The van der Waals surface area contributed by atoms with Crippen molar-refractivity contribution in [3.8, 4) is 5.75 Å². The fraction of sp³-hybridized carbons (Fsp3) is 0.533. The maximum absolute atomic E-state index is 12.4. The Morgan fingerprint density at radius 1 is 1.55 bits per heavy atom. The highest BCUT2D eigenvalue weighted by Crippen LogP contribution is 2.30. The quantitative estimate of drug-likeness (QED) is 0.781. The summed E-state index contributed by atoms with van der Waals surface area (Å²) in [6.07, 6.45) is 2.38. The molecule has 2 rings (SSSR count). The number of nitrogens with one attached hydrogen (secondary N) is 1. The molecule has 0 bridgehead atoms. The lowest BCUT2D eigenvalue weighted by Crippen LogP contribution is -2.43. The van der Waals surface area contributed by atoms with Crippen LogP contribution in [0.5, 0.6) is 5.75 Å². The van der Waals surface area contributed by atoms with E-state index in [0.29, 0.717) is 23.2 Å². The van der Waals surface area contributed by atoms with E-state index in [1.807, 2.05) is 6.92 Å². The molecule has 1 unspecified atom stereocenters. The summed E-state index contributed by atoms with van der Waals surface area (Å²) in [5, 5.41) is 2.92. The molecule has 20 heavy (non-hydrogen) atoms. The molecular weight excluding hydrogens is 254 g/mol. The van der Waals surface area contributed by atoms with Crippen molar-refractivity contribution in [3.05, 3.63) is 18.2 Å².